The molecule has 0 saturated heterocycles. The molecule has 0 fully saturated rings. The van der Waals surface area contributed by atoms with Crippen LogP contribution in [0.5, 0.6) is 0 Å². The molecule has 0 unspecified atom stereocenters. The minimum absolute atomic E-state index is 0.660. The average Bonchev–Trinajstić information content (AvgIpc) is 2.23. The van der Waals surface area contributed by atoms with Gasteiger partial charge in [-0.05, 0) is 31.0 Å². The number of hydrogen-bond acceptors (Lipinski definition) is 1. The van der Waals surface area contributed by atoms with Crippen molar-refractivity contribution in [2.45, 2.75) is 20.3 Å². The summed E-state index contributed by atoms with van der Waals surface area (Å²) in [5.74, 6) is 0. The number of rotatable bonds is 1. The number of nitrogens with zero attached hydrogens (tertiary/aromatic N) is 1. The first-order valence-corrected chi connectivity index (χ1v) is 5.63. The van der Waals surface area contributed by atoms with Crippen LogP contribution >= 0.6 is 23.2 Å². The first-order chi connectivity index (χ1) is 7.13. The second-order valence-electron chi connectivity index (χ2n) is 3.54. The first-order valence-electron chi connectivity index (χ1n) is 4.87. The molecule has 2 aromatic rings. The molecular formula is C12H11Cl2N. The van der Waals surface area contributed by atoms with E-state index in [1.807, 2.05) is 32.0 Å². The van der Waals surface area contributed by atoms with Crippen molar-refractivity contribution in [2.75, 3.05) is 0 Å². The fraction of sp³-hybridized carbons (Fsp3) is 0.250. The molecule has 0 amide bonds. The van der Waals surface area contributed by atoms with Crippen molar-refractivity contribution in [1.29, 1.82) is 0 Å². The van der Waals surface area contributed by atoms with Gasteiger partial charge in [-0.3, -0.25) is 4.98 Å². The Morgan fingerprint density at radius 3 is 2.60 bits per heavy atom. The minimum Gasteiger partial charge on any atom is -0.251 e. The fourth-order valence-corrected chi connectivity index (χ4v) is 2.22. The summed E-state index contributed by atoms with van der Waals surface area (Å²) in [4.78, 5) is 4.50. The van der Waals surface area contributed by atoms with Crippen LogP contribution in [0.1, 0.15) is 18.2 Å². The number of benzene rings is 1. The maximum absolute atomic E-state index is 6.22. The van der Waals surface area contributed by atoms with Crippen molar-refractivity contribution in [3.63, 3.8) is 0 Å². The molecule has 1 aromatic heterocycles. The van der Waals surface area contributed by atoms with Crippen LogP contribution in [-0.2, 0) is 6.42 Å². The van der Waals surface area contributed by atoms with Gasteiger partial charge < -0.3 is 0 Å². The van der Waals surface area contributed by atoms with Gasteiger partial charge in [-0.25, -0.2) is 0 Å². The molecule has 3 heteroatoms. The Morgan fingerprint density at radius 1 is 1.20 bits per heavy atom. The Balaban J connectivity index is 2.90. The predicted octanol–water partition coefficient (Wildman–Crippen LogP) is 4.41. The normalized spacial score (nSPS) is 10.9. The number of hydrogen-bond donors (Lipinski definition) is 0. The summed E-state index contributed by atoms with van der Waals surface area (Å²) < 4.78 is 0. The molecule has 1 heterocycles. The molecule has 0 atom stereocenters. The van der Waals surface area contributed by atoms with E-state index in [9.17, 15) is 0 Å². The molecule has 0 N–H and O–H groups in total. The Hall–Kier alpha value is -0.790. The molecule has 0 aliphatic rings. The summed E-state index contributed by atoms with van der Waals surface area (Å²) in [7, 11) is 0. The lowest BCUT2D eigenvalue weighted by Crippen LogP contribution is -1.91. The van der Waals surface area contributed by atoms with Gasteiger partial charge in [0.15, 0.2) is 0 Å². The largest absolute Gasteiger partial charge is 0.251 e. The monoisotopic (exact) mass is 239 g/mol. The number of halogens is 2. The highest BCUT2D eigenvalue weighted by Crippen LogP contribution is 2.31. The van der Waals surface area contributed by atoms with Crippen LogP contribution in [0.25, 0.3) is 10.9 Å². The van der Waals surface area contributed by atoms with E-state index in [0.717, 1.165) is 33.6 Å². The molecular weight excluding hydrogens is 229 g/mol. The molecule has 0 spiro atoms. The summed E-state index contributed by atoms with van der Waals surface area (Å²) in [5, 5.41) is 2.35. The van der Waals surface area contributed by atoms with Crippen molar-refractivity contribution in [2.24, 2.45) is 0 Å². The maximum Gasteiger partial charge on any atom is 0.0909 e. The predicted molar refractivity (Wildman–Crippen MR) is 65.9 cm³/mol. The Morgan fingerprint density at radius 2 is 1.93 bits per heavy atom. The molecule has 0 aliphatic heterocycles. The Bertz CT molecular complexity index is 521. The third-order valence-electron chi connectivity index (χ3n) is 2.49. The van der Waals surface area contributed by atoms with Crippen LogP contribution in [0, 0.1) is 6.92 Å². The van der Waals surface area contributed by atoms with Crippen LogP contribution in [0.3, 0.4) is 0 Å². The Kier molecular flexibility index (Phi) is 2.85. The number of fused-ring (bicyclic) bond motifs is 1. The van der Waals surface area contributed by atoms with Crippen LogP contribution in [0.4, 0.5) is 0 Å². The fourth-order valence-electron chi connectivity index (χ4n) is 1.65. The van der Waals surface area contributed by atoms with Crippen LogP contribution in [0.2, 0.25) is 10.0 Å². The summed E-state index contributed by atoms with van der Waals surface area (Å²) in [6, 6.07) is 5.74. The third-order valence-corrected chi connectivity index (χ3v) is 3.09. The smallest absolute Gasteiger partial charge is 0.0909 e. The SMILES string of the molecule is CCc1cc(Cl)c2c(C)ccc(Cl)c2n1. The zero-order valence-corrected chi connectivity index (χ0v) is 10.2. The average molecular weight is 240 g/mol. The molecule has 0 bridgehead atoms. The summed E-state index contributed by atoms with van der Waals surface area (Å²) in [6.45, 7) is 4.06. The molecule has 1 nitrogen and oxygen atoms in total. The lowest BCUT2D eigenvalue weighted by Gasteiger charge is -2.07. The van der Waals surface area contributed by atoms with E-state index >= 15 is 0 Å². The van der Waals surface area contributed by atoms with Gasteiger partial charge in [-0.15, -0.1) is 0 Å². The van der Waals surface area contributed by atoms with Crippen molar-refractivity contribution < 1.29 is 0 Å². The van der Waals surface area contributed by atoms with Crippen molar-refractivity contribution in [1.82, 2.24) is 4.98 Å². The summed E-state index contributed by atoms with van der Waals surface area (Å²) in [6.07, 6.45) is 0.861. The molecule has 2 rings (SSSR count). The topological polar surface area (TPSA) is 12.9 Å². The van der Waals surface area contributed by atoms with E-state index in [1.54, 1.807) is 0 Å². The molecule has 0 saturated carbocycles. The van der Waals surface area contributed by atoms with E-state index in [-0.39, 0.29) is 0 Å². The van der Waals surface area contributed by atoms with Gasteiger partial charge >= 0.3 is 0 Å². The van der Waals surface area contributed by atoms with Gasteiger partial charge in [0.2, 0.25) is 0 Å². The van der Waals surface area contributed by atoms with Gasteiger partial charge in [0, 0.05) is 11.1 Å². The van der Waals surface area contributed by atoms with Crippen LogP contribution in [-0.4, -0.2) is 4.98 Å². The molecule has 1 aromatic carbocycles. The number of aryl methyl sites for hydroxylation is 2. The van der Waals surface area contributed by atoms with Gasteiger partial charge in [0.25, 0.3) is 0 Å². The van der Waals surface area contributed by atoms with E-state index in [0.29, 0.717) is 5.02 Å². The molecule has 0 aliphatic carbocycles. The van der Waals surface area contributed by atoms with Gasteiger partial charge in [0.1, 0.15) is 0 Å². The Labute approximate surface area is 99.0 Å². The van der Waals surface area contributed by atoms with Crippen molar-refractivity contribution in [3.8, 4) is 0 Å². The standard InChI is InChI=1S/C12H11Cl2N/c1-3-8-6-10(14)11-7(2)4-5-9(13)12(11)15-8/h4-6H,3H2,1-2H3. The first kappa shape index (κ1) is 10.7. The van der Waals surface area contributed by atoms with E-state index in [4.69, 9.17) is 23.2 Å². The molecule has 0 radical (unpaired) electrons. The number of pyridine rings is 1. The molecule has 78 valence electrons. The van der Waals surface area contributed by atoms with E-state index < -0.39 is 0 Å². The third kappa shape index (κ3) is 1.82. The van der Waals surface area contributed by atoms with E-state index in [2.05, 4.69) is 4.98 Å². The van der Waals surface area contributed by atoms with Crippen molar-refractivity contribution >= 4 is 34.1 Å². The second-order valence-corrected chi connectivity index (χ2v) is 4.35. The summed E-state index contributed by atoms with van der Waals surface area (Å²) in [5.41, 5.74) is 2.88. The van der Waals surface area contributed by atoms with Gasteiger partial charge in [-0.1, -0.05) is 36.2 Å². The van der Waals surface area contributed by atoms with Crippen molar-refractivity contribution in [3.05, 3.63) is 39.5 Å². The lowest BCUT2D eigenvalue weighted by molar-refractivity contribution is 1.06. The van der Waals surface area contributed by atoms with Gasteiger partial charge in [0.05, 0.1) is 15.6 Å². The quantitative estimate of drug-likeness (QED) is 0.719. The highest BCUT2D eigenvalue weighted by Gasteiger charge is 2.08. The zero-order chi connectivity index (χ0) is 11.0. The minimum atomic E-state index is 0.660. The van der Waals surface area contributed by atoms with E-state index in [1.165, 1.54) is 0 Å². The van der Waals surface area contributed by atoms with Gasteiger partial charge in [-0.2, -0.15) is 0 Å². The number of aromatic nitrogens is 1. The zero-order valence-electron chi connectivity index (χ0n) is 8.64. The highest BCUT2D eigenvalue weighted by atomic mass is 35.5. The highest BCUT2D eigenvalue weighted by molar-refractivity contribution is 6.39. The maximum atomic E-state index is 6.22. The summed E-state index contributed by atoms with van der Waals surface area (Å²) >= 11 is 12.3. The molecule has 15 heavy (non-hydrogen) atoms. The second kappa shape index (κ2) is 3.99. The van der Waals surface area contributed by atoms with Crippen LogP contribution < -0.4 is 0 Å². The van der Waals surface area contributed by atoms with Crippen LogP contribution in [0.15, 0.2) is 18.2 Å². The lowest BCUT2D eigenvalue weighted by atomic mass is 10.1.